The van der Waals surface area contributed by atoms with Gasteiger partial charge in [0.1, 0.15) is 0 Å². The van der Waals surface area contributed by atoms with Gasteiger partial charge in [-0.05, 0) is 90.9 Å². The van der Waals surface area contributed by atoms with Crippen molar-refractivity contribution in [2.45, 2.75) is 104 Å². The number of rotatable bonds is 5. The number of nitrogens with one attached hydrogen (secondary N) is 1. The summed E-state index contributed by atoms with van der Waals surface area (Å²) >= 11 is 6.89. The first-order valence-electron chi connectivity index (χ1n) is 13.9. The van der Waals surface area contributed by atoms with Gasteiger partial charge in [0.25, 0.3) is 0 Å². The molecule has 1 aromatic carbocycles. The summed E-state index contributed by atoms with van der Waals surface area (Å²) < 4.78 is 5.05. The number of hydrogen-bond donors (Lipinski definition) is 1. The summed E-state index contributed by atoms with van der Waals surface area (Å²) in [4.78, 5) is 28.0. The summed E-state index contributed by atoms with van der Waals surface area (Å²) in [5.41, 5.74) is 2.59. The lowest BCUT2D eigenvalue weighted by atomic mass is 9.38. The minimum atomic E-state index is -0.573. The predicted molar refractivity (Wildman–Crippen MR) is 147 cm³/mol. The molecule has 4 aliphatic carbocycles. The fourth-order valence-electron chi connectivity index (χ4n) is 7.44. The number of halogens is 1. The molecule has 1 heterocycles. The lowest BCUT2D eigenvalue weighted by molar-refractivity contribution is -0.218. The number of methoxy groups -OCH3 is 1. The Balaban J connectivity index is 1.52. The van der Waals surface area contributed by atoms with Crippen LogP contribution in [0.2, 0.25) is 5.02 Å². The van der Waals surface area contributed by atoms with Crippen molar-refractivity contribution in [3.8, 4) is 0 Å². The van der Waals surface area contributed by atoms with Gasteiger partial charge in [0, 0.05) is 11.2 Å². The van der Waals surface area contributed by atoms with E-state index in [1.54, 1.807) is 0 Å². The van der Waals surface area contributed by atoms with Crippen LogP contribution >= 0.6 is 11.6 Å². The number of fused-ring (bicyclic) bond motifs is 1. The number of esters is 1. The second-order valence-electron chi connectivity index (χ2n) is 14.2. The third kappa shape index (κ3) is 4.11. The maximum absolute atomic E-state index is 13.8. The molecule has 1 N–H and O–H groups in total. The zero-order valence-corrected chi connectivity index (χ0v) is 24.3. The Morgan fingerprint density at radius 3 is 2.46 bits per heavy atom. The van der Waals surface area contributed by atoms with E-state index in [-0.39, 0.29) is 34.3 Å². The number of carbonyl (C=O) groups is 2. The summed E-state index contributed by atoms with van der Waals surface area (Å²) in [7, 11) is 1.45. The smallest absolute Gasteiger partial charge is 0.322 e. The standard InChI is InChI=1S/C31H43ClN2O3/c1-20-23-16-34(30-17-29(18-30,19-30)25(35)37-7)26(36)33-31(23,13-8-12-28(20,5)6)22-10-9-21(24(32)15-22)11-14-27(2,3)4/h9-10,15-16,20H,8,11-14,17-19H2,1-7H3,(H,33,36)/t20?,29?,30?,31-/m0/s1. The largest absolute Gasteiger partial charge is 0.469 e. The lowest BCUT2D eigenvalue weighted by Gasteiger charge is -2.71. The van der Waals surface area contributed by atoms with Crippen LogP contribution in [0.4, 0.5) is 4.79 Å². The van der Waals surface area contributed by atoms with Crippen LogP contribution in [-0.2, 0) is 21.5 Å². The van der Waals surface area contributed by atoms with Crippen molar-refractivity contribution in [2.75, 3.05) is 7.11 Å². The molecule has 0 saturated heterocycles. The number of urea groups is 1. The van der Waals surface area contributed by atoms with E-state index < -0.39 is 11.0 Å². The van der Waals surface area contributed by atoms with Crippen molar-refractivity contribution in [2.24, 2.45) is 22.2 Å². The van der Waals surface area contributed by atoms with Gasteiger partial charge in [0.2, 0.25) is 0 Å². The molecule has 6 heteroatoms. The molecule has 4 saturated carbocycles. The highest BCUT2D eigenvalue weighted by atomic mass is 35.5. The topological polar surface area (TPSA) is 58.6 Å². The number of carbonyl (C=O) groups excluding carboxylic acids is 2. The molecular formula is C31H43ClN2O3. The van der Waals surface area contributed by atoms with Crippen LogP contribution in [0.1, 0.15) is 97.6 Å². The van der Waals surface area contributed by atoms with Crippen LogP contribution in [0, 0.1) is 22.2 Å². The number of ether oxygens (including phenoxy) is 1. The Morgan fingerprint density at radius 2 is 1.86 bits per heavy atom. The molecule has 0 aromatic heterocycles. The van der Waals surface area contributed by atoms with Gasteiger partial charge >= 0.3 is 12.0 Å². The van der Waals surface area contributed by atoms with E-state index in [1.807, 2.05) is 4.90 Å². The van der Waals surface area contributed by atoms with Crippen LogP contribution in [0.5, 0.6) is 0 Å². The number of benzene rings is 1. The molecule has 1 aliphatic heterocycles. The Bertz CT molecular complexity index is 1140. The van der Waals surface area contributed by atoms with E-state index in [0.717, 1.165) is 48.3 Å². The summed E-state index contributed by atoms with van der Waals surface area (Å²) in [5, 5.41) is 4.29. The predicted octanol–water partition coefficient (Wildman–Crippen LogP) is 7.37. The lowest BCUT2D eigenvalue weighted by Crippen LogP contribution is -2.78. The van der Waals surface area contributed by atoms with Crippen molar-refractivity contribution in [3.63, 3.8) is 0 Å². The fraction of sp³-hybridized carbons (Fsp3) is 0.677. The second kappa shape index (κ2) is 8.49. The Hall–Kier alpha value is -2.01. The number of hydrogen-bond acceptors (Lipinski definition) is 3. The van der Waals surface area contributed by atoms with E-state index in [9.17, 15) is 9.59 Å². The van der Waals surface area contributed by atoms with Crippen LogP contribution in [0.15, 0.2) is 30.0 Å². The van der Waals surface area contributed by atoms with Gasteiger partial charge in [0.05, 0.1) is 23.6 Å². The first kappa shape index (κ1) is 26.6. The Labute approximate surface area is 227 Å². The zero-order chi connectivity index (χ0) is 27.0. The molecule has 1 unspecified atom stereocenters. The van der Waals surface area contributed by atoms with Gasteiger partial charge in [-0.2, -0.15) is 0 Å². The molecule has 5 nitrogen and oxygen atoms in total. The third-order valence-electron chi connectivity index (χ3n) is 10.1. The molecule has 0 radical (unpaired) electrons. The molecule has 1 aromatic rings. The van der Waals surface area contributed by atoms with Gasteiger partial charge in [-0.25, -0.2) is 4.79 Å². The Morgan fingerprint density at radius 1 is 1.19 bits per heavy atom. The highest BCUT2D eigenvalue weighted by Crippen LogP contribution is 2.71. The maximum atomic E-state index is 13.8. The maximum Gasteiger partial charge on any atom is 0.322 e. The Kier molecular flexibility index (Phi) is 6.11. The van der Waals surface area contributed by atoms with Crippen molar-refractivity contribution < 1.29 is 14.3 Å². The monoisotopic (exact) mass is 526 g/mol. The van der Waals surface area contributed by atoms with Gasteiger partial charge in [-0.1, -0.05) is 65.3 Å². The quantitative estimate of drug-likeness (QED) is 0.407. The third-order valence-corrected chi connectivity index (χ3v) is 10.5. The molecule has 5 aliphatic rings. The van der Waals surface area contributed by atoms with Crippen LogP contribution < -0.4 is 5.32 Å². The van der Waals surface area contributed by atoms with E-state index in [4.69, 9.17) is 16.3 Å². The number of amides is 2. The van der Waals surface area contributed by atoms with Gasteiger partial charge in [-0.3, -0.25) is 9.69 Å². The normalized spacial score (nSPS) is 34.3. The van der Waals surface area contributed by atoms with Crippen molar-refractivity contribution >= 4 is 23.6 Å². The summed E-state index contributed by atoms with van der Waals surface area (Å²) in [6.45, 7) is 13.7. The molecule has 6 rings (SSSR count). The fourth-order valence-corrected chi connectivity index (χ4v) is 7.72. The molecule has 202 valence electrons. The number of aryl methyl sites for hydroxylation is 1. The van der Waals surface area contributed by atoms with E-state index in [2.05, 4.69) is 71.3 Å². The average Bonchev–Trinajstić information content (AvgIpc) is 2.85. The van der Waals surface area contributed by atoms with Gasteiger partial charge < -0.3 is 10.1 Å². The zero-order valence-electron chi connectivity index (χ0n) is 23.6. The molecule has 2 atom stereocenters. The number of nitrogens with zero attached hydrogens (tertiary/aromatic N) is 1. The molecule has 4 fully saturated rings. The molecule has 0 spiro atoms. The summed E-state index contributed by atoms with van der Waals surface area (Å²) in [6.07, 6.45) is 9.17. The van der Waals surface area contributed by atoms with Crippen LogP contribution in [0.25, 0.3) is 0 Å². The first-order valence-corrected chi connectivity index (χ1v) is 14.3. The van der Waals surface area contributed by atoms with Gasteiger partial charge in [-0.15, -0.1) is 0 Å². The van der Waals surface area contributed by atoms with Crippen LogP contribution in [0.3, 0.4) is 0 Å². The SMILES string of the molecule is COC(=O)C12CC(N3C=C4C(C)C(C)(C)CCC[C@@]4(c4ccc(CCC(C)(C)C)c(Cl)c4)NC3=O)(C1)C2. The van der Waals surface area contributed by atoms with Gasteiger partial charge in [0.15, 0.2) is 0 Å². The average molecular weight is 527 g/mol. The molecule has 37 heavy (non-hydrogen) atoms. The minimum absolute atomic E-state index is 0.0678. The highest BCUT2D eigenvalue weighted by Gasteiger charge is 2.75. The second-order valence-corrected chi connectivity index (χ2v) is 14.7. The minimum Gasteiger partial charge on any atom is -0.469 e. The van der Waals surface area contributed by atoms with Crippen molar-refractivity contribution in [1.29, 1.82) is 0 Å². The molecule has 2 bridgehead atoms. The van der Waals surface area contributed by atoms with E-state index >= 15 is 0 Å². The highest BCUT2D eigenvalue weighted by molar-refractivity contribution is 6.31. The van der Waals surface area contributed by atoms with E-state index in [0.29, 0.717) is 19.3 Å². The summed E-state index contributed by atoms with van der Waals surface area (Å²) in [5.74, 6) is 0.123. The van der Waals surface area contributed by atoms with Crippen LogP contribution in [-0.4, -0.2) is 29.5 Å². The van der Waals surface area contributed by atoms with Crippen molar-refractivity contribution in [3.05, 3.63) is 46.1 Å². The first-order chi connectivity index (χ1) is 17.2. The summed E-state index contributed by atoms with van der Waals surface area (Å²) in [6, 6.07) is 6.38. The molecular weight excluding hydrogens is 484 g/mol. The van der Waals surface area contributed by atoms with E-state index in [1.165, 1.54) is 12.7 Å². The van der Waals surface area contributed by atoms with Crippen molar-refractivity contribution in [1.82, 2.24) is 10.2 Å². The molecule has 2 amide bonds.